The molecule has 1 aromatic carbocycles. The first-order valence-electron chi connectivity index (χ1n) is 6.12. The average molecular weight is 252 g/mol. The second-order valence-corrected chi connectivity index (χ2v) is 5.21. The molecule has 1 aromatic rings. The summed E-state index contributed by atoms with van der Waals surface area (Å²) in [6.45, 7) is 5.97. The zero-order valence-electron chi connectivity index (χ0n) is 11.9. The normalized spacial score (nSPS) is 13.3. The van der Waals surface area contributed by atoms with E-state index in [4.69, 9.17) is 10.5 Å². The van der Waals surface area contributed by atoms with Crippen LogP contribution in [0.4, 0.5) is 5.69 Å². The molecule has 0 saturated heterocycles. The largest absolute Gasteiger partial charge is 0.496 e. The number of benzene rings is 1. The van der Waals surface area contributed by atoms with Gasteiger partial charge in [0, 0.05) is 24.3 Å². The van der Waals surface area contributed by atoms with Crippen LogP contribution in [0.3, 0.4) is 0 Å². The molecular formula is C14H24N2O2. The molecule has 1 atom stereocenters. The van der Waals surface area contributed by atoms with Gasteiger partial charge in [-0.25, -0.2) is 0 Å². The number of anilines is 1. The van der Waals surface area contributed by atoms with E-state index in [1.807, 2.05) is 50.9 Å². The monoisotopic (exact) mass is 252 g/mol. The van der Waals surface area contributed by atoms with Gasteiger partial charge in [0.15, 0.2) is 0 Å². The fourth-order valence-corrected chi connectivity index (χ4v) is 1.89. The molecule has 4 heteroatoms. The first kappa shape index (κ1) is 14.8. The molecule has 0 radical (unpaired) electrons. The highest BCUT2D eigenvalue weighted by atomic mass is 16.5. The summed E-state index contributed by atoms with van der Waals surface area (Å²) in [5, 5.41) is 9.48. The van der Waals surface area contributed by atoms with E-state index in [0.29, 0.717) is 0 Å². The summed E-state index contributed by atoms with van der Waals surface area (Å²) in [6, 6.07) is 5.71. The zero-order chi connectivity index (χ0) is 13.9. The molecule has 0 unspecified atom stereocenters. The van der Waals surface area contributed by atoms with Crippen LogP contribution in [-0.4, -0.2) is 31.4 Å². The summed E-state index contributed by atoms with van der Waals surface area (Å²) in [5.74, 6) is 0.781. The molecule has 0 heterocycles. The van der Waals surface area contributed by atoms with Crippen LogP contribution in [0.5, 0.6) is 5.75 Å². The Morgan fingerprint density at radius 2 is 2.06 bits per heavy atom. The van der Waals surface area contributed by atoms with Crippen LogP contribution in [0, 0.1) is 0 Å². The van der Waals surface area contributed by atoms with Gasteiger partial charge in [-0.05, 0) is 32.9 Å². The number of rotatable bonds is 5. The van der Waals surface area contributed by atoms with Crippen molar-refractivity contribution in [3.05, 3.63) is 23.8 Å². The maximum absolute atomic E-state index is 9.48. The van der Waals surface area contributed by atoms with Crippen molar-refractivity contribution in [2.45, 2.75) is 32.4 Å². The van der Waals surface area contributed by atoms with Gasteiger partial charge in [0.05, 0.1) is 19.3 Å². The Morgan fingerprint density at radius 3 is 2.50 bits per heavy atom. The molecule has 0 aliphatic carbocycles. The Labute approximate surface area is 109 Å². The minimum absolute atomic E-state index is 0.0686. The maximum atomic E-state index is 9.48. The molecule has 102 valence electrons. The summed E-state index contributed by atoms with van der Waals surface area (Å²) in [5.41, 5.74) is 7.64. The summed E-state index contributed by atoms with van der Waals surface area (Å²) in [6.07, 6.45) is 0. The third kappa shape index (κ3) is 2.76. The Balaban J connectivity index is 3.32. The van der Waals surface area contributed by atoms with E-state index in [1.165, 1.54) is 0 Å². The Hall–Kier alpha value is -1.26. The second-order valence-electron chi connectivity index (χ2n) is 5.21. The topological polar surface area (TPSA) is 58.7 Å². The van der Waals surface area contributed by atoms with Crippen LogP contribution in [0.1, 0.15) is 32.4 Å². The van der Waals surface area contributed by atoms with Gasteiger partial charge in [-0.15, -0.1) is 0 Å². The predicted molar refractivity (Wildman–Crippen MR) is 75.2 cm³/mol. The number of aliphatic hydroxyl groups is 1. The zero-order valence-corrected chi connectivity index (χ0v) is 11.9. The quantitative estimate of drug-likeness (QED) is 0.840. The molecule has 18 heavy (non-hydrogen) atoms. The van der Waals surface area contributed by atoms with Crippen molar-refractivity contribution in [3.8, 4) is 5.75 Å². The molecule has 1 rings (SSSR count). The number of likely N-dealkylation sites (N-methyl/N-ethyl adjacent to an activating group) is 1. The minimum Gasteiger partial charge on any atom is -0.496 e. The standard InChI is InChI=1S/C14H24N2O2/c1-10(15)13-11(7-6-8-12(13)18-5)16(4)14(2,3)9-17/h6-8,10,17H,9,15H2,1-5H3/t10-/m1/s1. The molecule has 0 fully saturated rings. The molecule has 0 aromatic heterocycles. The van der Waals surface area contributed by atoms with E-state index in [9.17, 15) is 5.11 Å². The summed E-state index contributed by atoms with van der Waals surface area (Å²) in [7, 11) is 3.60. The lowest BCUT2D eigenvalue weighted by molar-refractivity contribution is 0.216. The minimum atomic E-state index is -0.351. The SMILES string of the molecule is COc1cccc(N(C)C(C)(C)CO)c1[C@@H](C)N. The van der Waals surface area contributed by atoms with E-state index in [-0.39, 0.29) is 18.2 Å². The predicted octanol–water partition coefficient (Wildman–Crippen LogP) is 1.92. The van der Waals surface area contributed by atoms with E-state index in [0.717, 1.165) is 17.0 Å². The van der Waals surface area contributed by atoms with Gasteiger partial charge < -0.3 is 20.5 Å². The molecule has 0 aliphatic rings. The van der Waals surface area contributed by atoms with Crippen LogP contribution in [0.15, 0.2) is 18.2 Å². The molecular weight excluding hydrogens is 228 g/mol. The van der Waals surface area contributed by atoms with Crippen LogP contribution in [-0.2, 0) is 0 Å². The lowest BCUT2D eigenvalue weighted by atomic mass is 9.99. The number of nitrogens with two attached hydrogens (primary N) is 1. The maximum Gasteiger partial charge on any atom is 0.125 e. The number of methoxy groups -OCH3 is 1. The van der Waals surface area contributed by atoms with Gasteiger partial charge in [0.1, 0.15) is 5.75 Å². The van der Waals surface area contributed by atoms with Crippen LogP contribution >= 0.6 is 0 Å². The summed E-state index contributed by atoms with van der Waals surface area (Å²) < 4.78 is 5.37. The molecule has 0 amide bonds. The van der Waals surface area contributed by atoms with Gasteiger partial charge in [-0.1, -0.05) is 6.07 Å². The van der Waals surface area contributed by atoms with Crippen LogP contribution < -0.4 is 15.4 Å². The highest BCUT2D eigenvalue weighted by molar-refractivity contribution is 5.61. The Kier molecular flexibility index (Phi) is 4.59. The van der Waals surface area contributed by atoms with E-state index in [1.54, 1.807) is 7.11 Å². The van der Waals surface area contributed by atoms with E-state index in [2.05, 4.69) is 0 Å². The summed E-state index contributed by atoms with van der Waals surface area (Å²) >= 11 is 0. The number of nitrogens with zero attached hydrogens (tertiary/aromatic N) is 1. The first-order chi connectivity index (χ1) is 8.35. The third-order valence-electron chi connectivity index (χ3n) is 3.37. The second kappa shape index (κ2) is 5.59. The van der Waals surface area contributed by atoms with Gasteiger partial charge >= 0.3 is 0 Å². The average Bonchev–Trinajstić information content (AvgIpc) is 2.36. The van der Waals surface area contributed by atoms with Gasteiger partial charge in [-0.3, -0.25) is 0 Å². The molecule has 3 N–H and O–H groups in total. The van der Waals surface area contributed by atoms with Crippen molar-refractivity contribution in [1.82, 2.24) is 0 Å². The lowest BCUT2D eigenvalue weighted by Crippen LogP contribution is -2.45. The fourth-order valence-electron chi connectivity index (χ4n) is 1.89. The number of hydrogen-bond acceptors (Lipinski definition) is 4. The first-order valence-corrected chi connectivity index (χ1v) is 6.12. The number of ether oxygens (including phenoxy) is 1. The fraction of sp³-hybridized carbons (Fsp3) is 0.571. The van der Waals surface area contributed by atoms with Crippen LogP contribution in [0.2, 0.25) is 0 Å². The van der Waals surface area contributed by atoms with Crippen molar-refractivity contribution < 1.29 is 9.84 Å². The van der Waals surface area contributed by atoms with Crippen LogP contribution in [0.25, 0.3) is 0 Å². The lowest BCUT2D eigenvalue weighted by Gasteiger charge is -2.38. The van der Waals surface area contributed by atoms with E-state index < -0.39 is 0 Å². The number of hydrogen-bond donors (Lipinski definition) is 2. The van der Waals surface area contributed by atoms with Gasteiger partial charge in [-0.2, -0.15) is 0 Å². The Morgan fingerprint density at radius 1 is 1.44 bits per heavy atom. The number of aliphatic hydroxyl groups excluding tert-OH is 1. The Bertz CT molecular complexity index is 403. The van der Waals surface area contributed by atoms with Crippen molar-refractivity contribution >= 4 is 5.69 Å². The van der Waals surface area contributed by atoms with Gasteiger partial charge in [0.2, 0.25) is 0 Å². The molecule has 0 aliphatic heterocycles. The van der Waals surface area contributed by atoms with Gasteiger partial charge in [0.25, 0.3) is 0 Å². The molecule has 4 nitrogen and oxygen atoms in total. The van der Waals surface area contributed by atoms with E-state index >= 15 is 0 Å². The molecule has 0 spiro atoms. The van der Waals surface area contributed by atoms with Crippen molar-refractivity contribution in [3.63, 3.8) is 0 Å². The highest BCUT2D eigenvalue weighted by Gasteiger charge is 2.26. The highest BCUT2D eigenvalue weighted by Crippen LogP contribution is 2.35. The summed E-state index contributed by atoms with van der Waals surface area (Å²) in [4.78, 5) is 2.04. The van der Waals surface area contributed by atoms with Crippen molar-refractivity contribution in [2.24, 2.45) is 5.73 Å². The molecule has 0 saturated carbocycles. The smallest absolute Gasteiger partial charge is 0.125 e. The van der Waals surface area contributed by atoms with Crippen molar-refractivity contribution in [1.29, 1.82) is 0 Å². The van der Waals surface area contributed by atoms with Crippen molar-refractivity contribution in [2.75, 3.05) is 25.7 Å². The molecule has 0 bridgehead atoms. The third-order valence-corrected chi connectivity index (χ3v) is 3.37.